The number of pyridine rings is 1. The largest absolute Gasteiger partial charge is 0.465 e. The summed E-state index contributed by atoms with van der Waals surface area (Å²) < 4.78 is 2.81. The Morgan fingerprint density at radius 3 is 2.83 bits per heavy atom. The van der Waals surface area contributed by atoms with Crippen molar-refractivity contribution in [2.45, 2.75) is 26.3 Å². The summed E-state index contributed by atoms with van der Waals surface area (Å²) in [6.45, 7) is 5.61. The number of carbonyl (C=O) groups is 1. The molecule has 0 fully saturated rings. The van der Waals surface area contributed by atoms with Crippen LogP contribution in [0.25, 0.3) is 5.52 Å². The quantitative estimate of drug-likeness (QED) is 0.811. The van der Waals surface area contributed by atoms with Crippen molar-refractivity contribution in [1.82, 2.24) is 14.7 Å². The SMILES string of the molecule is Cc1cccn2c(C(C)(C)NC(=O)O)nc(I)c12. The molecule has 0 saturated heterocycles. The van der Waals surface area contributed by atoms with E-state index in [1.165, 1.54) is 0 Å². The predicted molar refractivity (Wildman–Crippen MR) is 76.8 cm³/mol. The lowest BCUT2D eigenvalue weighted by molar-refractivity contribution is 0.181. The van der Waals surface area contributed by atoms with Crippen LogP contribution in [0.15, 0.2) is 18.3 Å². The van der Waals surface area contributed by atoms with Gasteiger partial charge in [0.05, 0.1) is 11.1 Å². The molecule has 2 heterocycles. The average molecular weight is 359 g/mol. The van der Waals surface area contributed by atoms with Crippen molar-refractivity contribution in [3.8, 4) is 0 Å². The van der Waals surface area contributed by atoms with Crippen LogP contribution in [0.3, 0.4) is 0 Å². The highest BCUT2D eigenvalue weighted by Gasteiger charge is 2.28. The maximum Gasteiger partial charge on any atom is 0.405 e. The lowest BCUT2D eigenvalue weighted by atomic mass is 10.1. The molecule has 2 aromatic rings. The fraction of sp³-hybridized carbons (Fsp3) is 0.333. The Balaban J connectivity index is 2.66. The molecule has 0 bridgehead atoms. The van der Waals surface area contributed by atoms with E-state index in [1.807, 2.05) is 29.7 Å². The van der Waals surface area contributed by atoms with Gasteiger partial charge in [-0.2, -0.15) is 0 Å². The minimum absolute atomic E-state index is 0.688. The van der Waals surface area contributed by atoms with E-state index >= 15 is 0 Å². The molecule has 0 unspecified atom stereocenters. The van der Waals surface area contributed by atoms with Gasteiger partial charge in [0.15, 0.2) is 0 Å². The first-order valence-corrected chi connectivity index (χ1v) is 6.55. The normalized spacial score (nSPS) is 11.8. The van der Waals surface area contributed by atoms with Gasteiger partial charge in [-0.05, 0) is 55.0 Å². The standard InChI is InChI=1S/C12H14IN3O2/c1-7-5-4-6-16-8(7)9(13)14-10(16)12(2,3)15-11(17)18/h4-6,15H,1-3H3,(H,17,18). The number of aromatic nitrogens is 2. The van der Waals surface area contributed by atoms with Gasteiger partial charge in [0.2, 0.25) is 0 Å². The second kappa shape index (κ2) is 4.42. The molecule has 0 spiro atoms. The van der Waals surface area contributed by atoms with Crippen molar-refractivity contribution < 1.29 is 9.90 Å². The van der Waals surface area contributed by atoms with E-state index in [4.69, 9.17) is 5.11 Å². The third-order valence-electron chi connectivity index (χ3n) is 2.80. The minimum atomic E-state index is -1.06. The van der Waals surface area contributed by atoms with Crippen LogP contribution in [-0.4, -0.2) is 20.6 Å². The number of halogens is 1. The van der Waals surface area contributed by atoms with E-state index in [2.05, 4.69) is 32.9 Å². The van der Waals surface area contributed by atoms with Crippen molar-refractivity contribution in [1.29, 1.82) is 0 Å². The molecule has 0 radical (unpaired) electrons. The average Bonchev–Trinajstić information content (AvgIpc) is 2.56. The van der Waals surface area contributed by atoms with Crippen LogP contribution in [0.5, 0.6) is 0 Å². The number of carboxylic acid groups (broad SMARTS) is 1. The highest BCUT2D eigenvalue weighted by molar-refractivity contribution is 14.1. The zero-order chi connectivity index (χ0) is 13.5. The zero-order valence-electron chi connectivity index (χ0n) is 10.4. The van der Waals surface area contributed by atoms with E-state index in [0.29, 0.717) is 5.82 Å². The van der Waals surface area contributed by atoms with Crippen LogP contribution in [-0.2, 0) is 5.54 Å². The number of hydrogen-bond donors (Lipinski definition) is 2. The highest BCUT2D eigenvalue weighted by atomic mass is 127. The Hall–Kier alpha value is -1.31. The number of rotatable bonds is 2. The van der Waals surface area contributed by atoms with Crippen molar-refractivity contribution in [3.63, 3.8) is 0 Å². The molecule has 1 amide bonds. The third kappa shape index (κ3) is 2.16. The Bertz CT molecular complexity index is 619. The van der Waals surface area contributed by atoms with E-state index in [1.54, 1.807) is 13.8 Å². The smallest absolute Gasteiger partial charge is 0.405 e. The number of nitrogens with one attached hydrogen (secondary N) is 1. The molecule has 2 rings (SSSR count). The van der Waals surface area contributed by atoms with Gasteiger partial charge in [-0.25, -0.2) is 9.78 Å². The van der Waals surface area contributed by atoms with E-state index < -0.39 is 11.6 Å². The van der Waals surface area contributed by atoms with Gasteiger partial charge < -0.3 is 14.8 Å². The molecule has 18 heavy (non-hydrogen) atoms. The highest BCUT2D eigenvalue weighted by Crippen LogP contribution is 2.25. The number of nitrogens with zero attached hydrogens (tertiary/aromatic N) is 2. The molecule has 0 aliphatic carbocycles. The Labute approximate surface area is 118 Å². The van der Waals surface area contributed by atoms with Crippen molar-refractivity contribution in [2.75, 3.05) is 0 Å². The molecule has 2 aromatic heterocycles. The second-order valence-corrected chi connectivity index (χ2v) is 5.71. The summed E-state index contributed by atoms with van der Waals surface area (Å²) in [5.41, 5.74) is 1.39. The third-order valence-corrected chi connectivity index (χ3v) is 3.55. The van der Waals surface area contributed by atoms with Crippen LogP contribution in [0.2, 0.25) is 0 Å². The van der Waals surface area contributed by atoms with E-state index in [9.17, 15) is 4.79 Å². The molecular formula is C12H14IN3O2. The maximum atomic E-state index is 10.8. The van der Waals surface area contributed by atoms with Gasteiger partial charge >= 0.3 is 6.09 Å². The van der Waals surface area contributed by atoms with Crippen LogP contribution < -0.4 is 5.32 Å². The molecular weight excluding hydrogens is 345 g/mol. The fourth-order valence-corrected chi connectivity index (χ4v) is 2.93. The fourth-order valence-electron chi connectivity index (χ4n) is 2.02. The lowest BCUT2D eigenvalue weighted by Crippen LogP contribution is -2.41. The van der Waals surface area contributed by atoms with Gasteiger partial charge in [-0.3, -0.25) is 0 Å². The Kier molecular flexibility index (Phi) is 3.22. The number of hydrogen-bond acceptors (Lipinski definition) is 2. The number of amides is 1. The summed E-state index contributed by atoms with van der Waals surface area (Å²) in [6, 6.07) is 3.95. The number of imidazole rings is 1. The summed E-state index contributed by atoms with van der Waals surface area (Å²) in [5.74, 6) is 0.688. The Morgan fingerprint density at radius 2 is 2.22 bits per heavy atom. The topological polar surface area (TPSA) is 66.6 Å². The first-order valence-electron chi connectivity index (χ1n) is 5.47. The van der Waals surface area contributed by atoms with E-state index in [0.717, 1.165) is 14.8 Å². The van der Waals surface area contributed by atoms with Gasteiger partial charge in [0, 0.05) is 6.20 Å². The summed E-state index contributed by atoms with van der Waals surface area (Å²) in [5, 5.41) is 11.4. The van der Waals surface area contributed by atoms with E-state index in [-0.39, 0.29) is 0 Å². The summed E-state index contributed by atoms with van der Waals surface area (Å²) >= 11 is 2.17. The van der Waals surface area contributed by atoms with Crippen LogP contribution in [0.1, 0.15) is 25.2 Å². The predicted octanol–water partition coefficient (Wildman–Crippen LogP) is 2.75. The second-order valence-electron chi connectivity index (χ2n) is 4.69. The lowest BCUT2D eigenvalue weighted by Gasteiger charge is -2.23. The van der Waals surface area contributed by atoms with Crippen LogP contribution in [0, 0.1) is 10.6 Å². The molecule has 0 aliphatic rings. The summed E-state index contributed by atoms with van der Waals surface area (Å²) in [6.07, 6.45) is 0.845. The van der Waals surface area contributed by atoms with Gasteiger partial charge in [-0.15, -0.1) is 0 Å². The molecule has 0 saturated carbocycles. The number of aryl methyl sites for hydroxylation is 1. The van der Waals surface area contributed by atoms with Gasteiger partial charge in [0.1, 0.15) is 9.53 Å². The van der Waals surface area contributed by atoms with Crippen molar-refractivity contribution >= 4 is 34.2 Å². The maximum absolute atomic E-state index is 10.8. The molecule has 0 atom stereocenters. The van der Waals surface area contributed by atoms with Gasteiger partial charge in [0.25, 0.3) is 0 Å². The van der Waals surface area contributed by atoms with Crippen molar-refractivity contribution in [3.05, 3.63) is 33.4 Å². The Morgan fingerprint density at radius 1 is 1.56 bits per heavy atom. The molecule has 5 nitrogen and oxygen atoms in total. The van der Waals surface area contributed by atoms with Crippen LogP contribution >= 0.6 is 22.6 Å². The molecule has 96 valence electrons. The van der Waals surface area contributed by atoms with Crippen molar-refractivity contribution in [2.24, 2.45) is 0 Å². The molecule has 6 heteroatoms. The zero-order valence-corrected chi connectivity index (χ0v) is 12.5. The molecule has 0 aliphatic heterocycles. The summed E-state index contributed by atoms with van der Waals surface area (Å²) in [4.78, 5) is 15.3. The first-order chi connectivity index (χ1) is 8.33. The first kappa shape index (κ1) is 13.1. The molecule has 2 N–H and O–H groups in total. The van der Waals surface area contributed by atoms with Crippen LogP contribution in [0.4, 0.5) is 4.79 Å². The minimum Gasteiger partial charge on any atom is -0.465 e. The molecule has 0 aromatic carbocycles. The number of fused-ring (bicyclic) bond motifs is 1. The summed E-state index contributed by atoms with van der Waals surface area (Å²) in [7, 11) is 0. The monoisotopic (exact) mass is 359 g/mol. The van der Waals surface area contributed by atoms with Gasteiger partial charge in [-0.1, -0.05) is 6.07 Å².